The highest BCUT2D eigenvalue weighted by molar-refractivity contribution is 6.08. The third kappa shape index (κ3) is 4.39. The van der Waals surface area contributed by atoms with Crippen LogP contribution in [-0.2, 0) is 23.4 Å². The van der Waals surface area contributed by atoms with E-state index in [9.17, 15) is 14.4 Å². The van der Waals surface area contributed by atoms with Crippen LogP contribution in [0, 0.1) is 17.8 Å². The fraction of sp³-hybridized carbons (Fsp3) is 0.310. The summed E-state index contributed by atoms with van der Waals surface area (Å²) in [5, 5.41) is 9.62. The molecule has 2 aliphatic heterocycles. The number of aromatic nitrogens is 2. The van der Waals surface area contributed by atoms with Gasteiger partial charge in [-0.2, -0.15) is 5.10 Å². The Morgan fingerprint density at radius 2 is 1.92 bits per heavy atom. The molecule has 3 aliphatic rings. The van der Waals surface area contributed by atoms with Gasteiger partial charge in [0.25, 0.3) is 11.8 Å². The van der Waals surface area contributed by atoms with Gasteiger partial charge in [0.2, 0.25) is 0 Å². The van der Waals surface area contributed by atoms with Crippen LogP contribution in [0.5, 0.6) is 5.75 Å². The van der Waals surface area contributed by atoms with Gasteiger partial charge in [-0.1, -0.05) is 36.3 Å². The van der Waals surface area contributed by atoms with E-state index in [0.717, 1.165) is 29.2 Å². The van der Waals surface area contributed by atoms with Gasteiger partial charge in [0.1, 0.15) is 12.4 Å². The van der Waals surface area contributed by atoms with Gasteiger partial charge >= 0.3 is 6.03 Å². The van der Waals surface area contributed by atoms with Crippen LogP contribution in [0.3, 0.4) is 0 Å². The highest BCUT2D eigenvalue weighted by atomic mass is 16.5. The lowest BCUT2D eigenvalue weighted by atomic mass is 9.88. The predicted octanol–water partition coefficient (Wildman–Crippen LogP) is 3.05. The van der Waals surface area contributed by atoms with Crippen LogP contribution in [0.15, 0.2) is 54.9 Å². The van der Waals surface area contributed by atoms with Gasteiger partial charge in [0.05, 0.1) is 12.7 Å². The number of urea groups is 1. The molecule has 1 unspecified atom stereocenters. The number of fused-ring (bicyclic) bond motifs is 1. The van der Waals surface area contributed by atoms with E-state index in [1.54, 1.807) is 24.0 Å². The zero-order chi connectivity index (χ0) is 26.3. The molecule has 2 aromatic carbocycles. The minimum absolute atomic E-state index is 0.00570. The van der Waals surface area contributed by atoms with Crippen molar-refractivity contribution in [2.45, 2.75) is 38.4 Å². The van der Waals surface area contributed by atoms with Crippen molar-refractivity contribution in [1.82, 2.24) is 25.3 Å². The Hall–Kier alpha value is -4.58. The summed E-state index contributed by atoms with van der Waals surface area (Å²) in [6, 6.07) is 12.2. The molecule has 9 heteroatoms. The lowest BCUT2D eigenvalue weighted by Crippen LogP contribution is -2.52. The second kappa shape index (κ2) is 9.38. The van der Waals surface area contributed by atoms with Crippen LogP contribution >= 0.6 is 0 Å². The zero-order valence-electron chi connectivity index (χ0n) is 21.0. The SMILES string of the molecule is CC#CCOc1ccc2c(c1)C(=O)N(CC1(c3ccc(-c4cnn(CC5CC5)c4)cc3)NC(=O)NC1=O)C2. The monoisotopic (exact) mass is 509 g/mol. The van der Waals surface area contributed by atoms with Gasteiger partial charge in [0.15, 0.2) is 5.54 Å². The summed E-state index contributed by atoms with van der Waals surface area (Å²) in [6.07, 6.45) is 6.38. The molecule has 1 aromatic heterocycles. The summed E-state index contributed by atoms with van der Waals surface area (Å²) in [5.41, 5.74) is 2.49. The fourth-order valence-electron chi connectivity index (χ4n) is 5.06. The van der Waals surface area contributed by atoms with Crippen molar-refractivity contribution < 1.29 is 19.1 Å². The second-order valence-corrected chi connectivity index (χ2v) is 9.98. The number of nitrogens with one attached hydrogen (secondary N) is 2. The number of benzene rings is 2. The quantitative estimate of drug-likeness (QED) is 0.359. The molecule has 0 radical (unpaired) electrons. The smallest absolute Gasteiger partial charge is 0.322 e. The minimum Gasteiger partial charge on any atom is -0.481 e. The molecule has 9 nitrogen and oxygen atoms in total. The molecule has 2 fully saturated rings. The van der Waals surface area contributed by atoms with Crippen molar-refractivity contribution in [3.63, 3.8) is 0 Å². The van der Waals surface area contributed by atoms with Gasteiger partial charge in [-0.3, -0.25) is 19.6 Å². The normalized spacial score (nSPS) is 20.0. The molecule has 1 aliphatic carbocycles. The Morgan fingerprint density at radius 1 is 1.11 bits per heavy atom. The molecule has 1 atom stereocenters. The van der Waals surface area contributed by atoms with E-state index in [-0.39, 0.29) is 19.1 Å². The van der Waals surface area contributed by atoms with Gasteiger partial charge in [-0.25, -0.2) is 4.79 Å². The van der Waals surface area contributed by atoms with Crippen molar-refractivity contribution in [2.24, 2.45) is 5.92 Å². The fourth-order valence-corrected chi connectivity index (χ4v) is 5.06. The number of carbonyl (C=O) groups excluding carboxylic acids is 3. The Morgan fingerprint density at radius 3 is 2.63 bits per heavy atom. The van der Waals surface area contributed by atoms with E-state index >= 15 is 0 Å². The minimum atomic E-state index is -1.40. The summed E-state index contributed by atoms with van der Waals surface area (Å²) < 4.78 is 7.58. The zero-order valence-corrected chi connectivity index (χ0v) is 21.0. The number of amides is 4. The molecule has 2 N–H and O–H groups in total. The molecule has 6 rings (SSSR count). The third-order valence-electron chi connectivity index (χ3n) is 7.30. The van der Waals surface area contributed by atoms with Crippen molar-refractivity contribution in [2.75, 3.05) is 13.2 Å². The van der Waals surface area contributed by atoms with Crippen molar-refractivity contribution in [1.29, 1.82) is 0 Å². The van der Waals surface area contributed by atoms with Crippen LogP contribution in [0.25, 0.3) is 11.1 Å². The topological polar surface area (TPSA) is 106 Å². The van der Waals surface area contributed by atoms with Gasteiger partial charge < -0.3 is 15.0 Å². The van der Waals surface area contributed by atoms with E-state index < -0.39 is 17.5 Å². The van der Waals surface area contributed by atoms with Crippen molar-refractivity contribution in [3.8, 4) is 28.7 Å². The molecule has 1 saturated carbocycles. The average molecular weight is 510 g/mol. The first-order valence-electron chi connectivity index (χ1n) is 12.7. The molecule has 0 spiro atoms. The van der Waals surface area contributed by atoms with Crippen LogP contribution in [-0.4, -0.2) is 45.7 Å². The summed E-state index contributed by atoms with van der Waals surface area (Å²) in [6.45, 7) is 3.22. The van der Waals surface area contributed by atoms with E-state index in [1.807, 2.05) is 47.4 Å². The molecular formula is C29H27N5O4. The highest BCUT2D eigenvalue weighted by Gasteiger charge is 2.50. The van der Waals surface area contributed by atoms with Gasteiger partial charge in [-0.05, 0) is 54.5 Å². The Bertz CT molecular complexity index is 1500. The molecule has 3 aromatic rings. The number of imide groups is 1. The Kier molecular flexibility index (Phi) is 5.87. The van der Waals surface area contributed by atoms with Gasteiger partial charge in [-0.15, -0.1) is 5.92 Å². The van der Waals surface area contributed by atoms with E-state index in [0.29, 0.717) is 23.4 Å². The van der Waals surface area contributed by atoms with Crippen molar-refractivity contribution in [3.05, 3.63) is 71.5 Å². The number of hydrogen-bond acceptors (Lipinski definition) is 5. The third-order valence-corrected chi connectivity index (χ3v) is 7.30. The summed E-state index contributed by atoms with van der Waals surface area (Å²) in [7, 11) is 0. The molecule has 192 valence electrons. The molecule has 3 heterocycles. The lowest BCUT2D eigenvalue weighted by Gasteiger charge is -2.31. The van der Waals surface area contributed by atoms with Crippen LogP contribution in [0.2, 0.25) is 0 Å². The molecular weight excluding hydrogens is 482 g/mol. The number of ether oxygens (including phenoxy) is 1. The van der Waals surface area contributed by atoms with Crippen molar-refractivity contribution >= 4 is 17.8 Å². The van der Waals surface area contributed by atoms with E-state index in [1.165, 1.54) is 12.8 Å². The average Bonchev–Trinajstić information content (AvgIpc) is 3.40. The Balaban J connectivity index is 1.24. The highest BCUT2D eigenvalue weighted by Crippen LogP contribution is 2.34. The number of rotatable bonds is 8. The summed E-state index contributed by atoms with van der Waals surface area (Å²) in [4.78, 5) is 40.4. The van der Waals surface area contributed by atoms with E-state index in [4.69, 9.17) is 4.74 Å². The Labute approximate surface area is 220 Å². The van der Waals surface area contributed by atoms with Gasteiger partial charge in [0, 0.05) is 30.4 Å². The molecule has 4 amide bonds. The number of hydrogen-bond donors (Lipinski definition) is 2. The van der Waals surface area contributed by atoms with E-state index in [2.05, 4.69) is 27.6 Å². The number of nitrogens with zero attached hydrogens (tertiary/aromatic N) is 3. The maximum atomic E-state index is 13.3. The molecule has 38 heavy (non-hydrogen) atoms. The molecule has 1 saturated heterocycles. The van der Waals surface area contributed by atoms with Crippen LogP contribution in [0.1, 0.15) is 41.3 Å². The van der Waals surface area contributed by atoms with Crippen LogP contribution in [0.4, 0.5) is 4.79 Å². The first-order valence-corrected chi connectivity index (χ1v) is 12.7. The molecule has 0 bridgehead atoms. The standard InChI is InChI=1S/C29H27N5O4/c1-2-3-12-38-24-11-8-21-16-33(26(35)25(21)13-24)18-29(27(36)31-28(37)32-29)23-9-6-20(7-10-23)22-14-30-34(17-22)15-19-4-5-19/h6-11,13-14,17,19H,4-5,12,15-16,18H2,1H3,(H2,31,32,36,37). The summed E-state index contributed by atoms with van der Waals surface area (Å²) >= 11 is 0. The van der Waals surface area contributed by atoms with Crippen LogP contribution < -0.4 is 15.4 Å². The predicted molar refractivity (Wildman–Crippen MR) is 139 cm³/mol. The largest absolute Gasteiger partial charge is 0.481 e. The second-order valence-electron chi connectivity index (χ2n) is 9.98. The number of carbonyl (C=O) groups is 3. The lowest BCUT2D eigenvalue weighted by molar-refractivity contribution is -0.124. The first kappa shape index (κ1) is 23.8. The maximum absolute atomic E-state index is 13.3. The summed E-state index contributed by atoms with van der Waals surface area (Å²) in [5.74, 6) is 6.17. The maximum Gasteiger partial charge on any atom is 0.322 e. The first-order chi connectivity index (χ1) is 18.4.